The van der Waals surface area contributed by atoms with Crippen LogP contribution >= 0.6 is 0 Å². The van der Waals surface area contributed by atoms with E-state index >= 15 is 0 Å². The summed E-state index contributed by atoms with van der Waals surface area (Å²) in [6.07, 6.45) is 18.4. The molecule has 0 rings (SSSR count). The number of carbonyl (C=O) groups is 2. The molecule has 27 heavy (non-hydrogen) atoms. The van der Waals surface area contributed by atoms with E-state index in [0.29, 0.717) is 6.61 Å². The lowest BCUT2D eigenvalue weighted by Crippen LogP contribution is -2.22. The Kier molecular flexibility index (Phi) is 16.4. The standard InChI is InChI=1S/C23H44O4/c1-4-5-6-7-8-9-10-11-12-13-14-15-16-17-18-27-22(26)20-23(2,3)19-21(24)25/h4-20H2,1-3H3,(H,24,25). The van der Waals surface area contributed by atoms with Crippen molar-refractivity contribution in [3.8, 4) is 0 Å². The van der Waals surface area contributed by atoms with Crippen LogP contribution in [0.3, 0.4) is 0 Å². The number of ether oxygens (including phenoxy) is 1. The number of esters is 1. The molecule has 1 N–H and O–H groups in total. The summed E-state index contributed by atoms with van der Waals surface area (Å²) in [5, 5.41) is 8.83. The second kappa shape index (κ2) is 17.1. The van der Waals surface area contributed by atoms with Gasteiger partial charge >= 0.3 is 11.9 Å². The number of unbranched alkanes of at least 4 members (excludes halogenated alkanes) is 13. The first-order valence-corrected chi connectivity index (χ1v) is 11.2. The minimum atomic E-state index is -0.875. The number of carboxylic acids is 1. The van der Waals surface area contributed by atoms with E-state index in [1.54, 1.807) is 13.8 Å². The maximum absolute atomic E-state index is 11.8. The number of aliphatic carboxylic acids is 1. The summed E-state index contributed by atoms with van der Waals surface area (Å²) in [4.78, 5) is 22.5. The molecule has 0 aromatic carbocycles. The third kappa shape index (κ3) is 19.5. The average Bonchev–Trinajstić information content (AvgIpc) is 2.56. The lowest BCUT2D eigenvalue weighted by Gasteiger charge is -2.20. The van der Waals surface area contributed by atoms with Crippen LogP contribution < -0.4 is 0 Å². The molecule has 4 nitrogen and oxygen atoms in total. The van der Waals surface area contributed by atoms with Crippen LogP contribution in [-0.2, 0) is 14.3 Å². The SMILES string of the molecule is CCCCCCCCCCCCCCCCOC(=O)CC(C)(C)CC(=O)O. The summed E-state index contributed by atoms with van der Waals surface area (Å²) < 4.78 is 5.23. The second-order valence-electron chi connectivity index (χ2n) is 8.73. The normalized spacial score (nSPS) is 11.5. The van der Waals surface area contributed by atoms with E-state index in [1.165, 1.54) is 77.0 Å². The smallest absolute Gasteiger partial charge is 0.306 e. The fourth-order valence-electron chi connectivity index (χ4n) is 3.40. The predicted molar refractivity (Wildman–Crippen MR) is 112 cm³/mol. The Morgan fingerprint density at radius 3 is 1.52 bits per heavy atom. The molecule has 0 aliphatic carbocycles. The van der Waals surface area contributed by atoms with E-state index in [1.807, 2.05) is 0 Å². The van der Waals surface area contributed by atoms with Crippen molar-refractivity contribution in [1.82, 2.24) is 0 Å². The van der Waals surface area contributed by atoms with E-state index in [9.17, 15) is 9.59 Å². The van der Waals surface area contributed by atoms with Crippen molar-refractivity contribution in [3.05, 3.63) is 0 Å². The molecule has 160 valence electrons. The molecule has 0 amide bonds. The molecule has 0 aromatic heterocycles. The van der Waals surface area contributed by atoms with Gasteiger partial charge in [0.15, 0.2) is 0 Å². The zero-order chi connectivity index (χ0) is 20.4. The minimum Gasteiger partial charge on any atom is -0.481 e. The van der Waals surface area contributed by atoms with E-state index in [-0.39, 0.29) is 18.8 Å². The topological polar surface area (TPSA) is 63.6 Å². The highest BCUT2D eigenvalue weighted by molar-refractivity contribution is 5.73. The fraction of sp³-hybridized carbons (Fsp3) is 0.913. The molecule has 0 bridgehead atoms. The van der Waals surface area contributed by atoms with Gasteiger partial charge in [-0.3, -0.25) is 9.59 Å². The van der Waals surface area contributed by atoms with Gasteiger partial charge in [0.2, 0.25) is 0 Å². The molecule has 0 atom stereocenters. The van der Waals surface area contributed by atoms with Crippen molar-refractivity contribution in [3.63, 3.8) is 0 Å². The molecule has 0 saturated heterocycles. The van der Waals surface area contributed by atoms with Gasteiger partial charge in [-0.25, -0.2) is 0 Å². The summed E-state index contributed by atoms with van der Waals surface area (Å²) in [5.74, 6) is -1.16. The average molecular weight is 385 g/mol. The zero-order valence-corrected chi connectivity index (χ0v) is 18.2. The van der Waals surface area contributed by atoms with E-state index in [4.69, 9.17) is 9.84 Å². The van der Waals surface area contributed by atoms with Gasteiger partial charge in [0, 0.05) is 0 Å². The largest absolute Gasteiger partial charge is 0.481 e. The minimum absolute atomic E-state index is 0.0129. The lowest BCUT2D eigenvalue weighted by molar-refractivity contribution is -0.147. The van der Waals surface area contributed by atoms with E-state index < -0.39 is 11.4 Å². The van der Waals surface area contributed by atoms with Gasteiger partial charge in [0.05, 0.1) is 19.4 Å². The Balaban J connectivity index is 3.33. The molecule has 0 aliphatic rings. The molecular formula is C23H44O4. The maximum Gasteiger partial charge on any atom is 0.306 e. The van der Waals surface area contributed by atoms with Crippen molar-refractivity contribution in [2.75, 3.05) is 6.61 Å². The number of carboxylic acid groups (broad SMARTS) is 1. The monoisotopic (exact) mass is 384 g/mol. The van der Waals surface area contributed by atoms with Crippen LogP contribution in [0.4, 0.5) is 0 Å². The van der Waals surface area contributed by atoms with E-state index in [0.717, 1.165) is 12.8 Å². The van der Waals surface area contributed by atoms with Gasteiger partial charge in [-0.2, -0.15) is 0 Å². The van der Waals surface area contributed by atoms with Crippen LogP contribution in [0, 0.1) is 5.41 Å². The first kappa shape index (κ1) is 25.9. The molecule has 0 saturated carbocycles. The molecule has 0 heterocycles. The Bertz CT molecular complexity index is 377. The Morgan fingerprint density at radius 1 is 0.704 bits per heavy atom. The van der Waals surface area contributed by atoms with E-state index in [2.05, 4.69) is 6.92 Å². The predicted octanol–water partition coefficient (Wildman–Crippen LogP) is 6.90. The summed E-state index contributed by atoms with van der Waals surface area (Å²) in [7, 11) is 0. The Hall–Kier alpha value is -1.06. The summed E-state index contributed by atoms with van der Waals surface area (Å²) in [6.45, 7) is 6.29. The quantitative estimate of drug-likeness (QED) is 0.194. The highest BCUT2D eigenvalue weighted by Crippen LogP contribution is 2.25. The van der Waals surface area contributed by atoms with Gasteiger partial charge in [0.25, 0.3) is 0 Å². The zero-order valence-electron chi connectivity index (χ0n) is 18.2. The van der Waals surface area contributed by atoms with Crippen LogP contribution in [0.1, 0.15) is 124 Å². The van der Waals surface area contributed by atoms with Gasteiger partial charge in [-0.15, -0.1) is 0 Å². The van der Waals surface area contributed by atoms with Gasteiger partial charge in [-0.1, -0.05) is 104 Å². The molecule has 0 spiro atoms. The van der Waals surface area contributed by atoms with Crippen molar-refractivity contribution in [2.45, 2.75) is 124 Å². The summed E-state index contributed by atoms with van der Waals surface area (Å²) in [5.41, 5.74) is -0.543. The number of rotatable bonds is 19. The Morgan fingerprint density at radius 2 is 1.11 bits per heavy atom. The Labute approximate surface area is 167 Å². The van der Waals surface area contributed by atoms with Crippen molar-refractivity contribution >= 4 is 11.9 Å². The first-order chi connectivity index (χ1) is 12.9. The number of carbonyl (C=O) groups excluding carboxylic acids is 1. The lowest BCUT2D eigenvalue weighted by atomic mass is 9.86. The summed E-state index contributed by atoms with van der Waals surface area (Å²) in [6, 6.07) is 0. The number of hydrogen-bond donors (Lipinski definition) is 1. The second-order valence-corrected chi connectivity index (χ2v) is 8.73. The highest BCUT2D eigenvalue weighted by atomic mass is 16.5. The van der Waals surface area contributed by atoms with Crippen LogP contribution in [0.5, 0.6) is 0 Å². The van der Waals surface area contributed by atoms with Crippen LogP contribution in [0.25, 0.3) is 0 Å². The molecule has 0 radical (unpaired) electrons. The van der Waals surface area contributed by atoms with Crippen LogP contribution in [-0.4, -0.2) is 23.7 Å². The fourth-order valence-corrected chi connectivity index (χ4v) is 3.40. The van der Waals surface area contributed by atoms with Crippen LogP contribution in [0.15, 0.2) is 0 Å². The first-order valence-electron chi connectivity index (χ1n) is 11.2. The molecule has 0 unspecified atom stereocenters. The third-order valence-corrected chi connectivity index (χ3v) is 5.01. The van der Waals surface area contributed by atoms with Crippen molar-refractivity contribution < 1.29 is 19.4 Å². The molecular weight excluding hydrogens is 340 g/mol. The van der Waals surface area contributed by atoms with Crippen molar-refractivity contribution in [1.29, 1.82) is 0 Å². The van der Waals surface area contributed by atoms with Gasteiger partial charge in [-0.05, 0) is 11.8 Å². The third-order valence-electron chi connectivity index (χ3n) is 5.01. The molecule has 4 heteroatoms. The van der Waals surface area contributed by atoms with Crippen molar-refractivity contribution in [2.24, 2.45) is 5.41 Å². The van der Waals surface area contributed by atoms with Gasteiger partial charge in [0.1, 0.15) is 0 Å². The highest BCUT2D eigenvalue weighted by Gasteiger charge is 2.25. The van der Waals surface area contributed by atoms with Gasteiger partial charge < -0.3 is 9.84 Å². The summed E-state index contributed by atoms with van der Waals surface area (Å²) >= 11 is 0. The molecule has 0 aliphatic heterocycles. The molecule has 0 fully saturated rings. The number of hydrogen-bond acceptors (Lipinski definition) is 3. The van der Waals surface area contributed by atoms with Crippen LogP contribution in [0.2, 0.25) is 0 Å². The maximum atomic E-state index is 11.8. The molecule has 0 aromatic rings.